The van der Waals surface area contributed by atoms with Gasteiger partial charge in [-0.05, 0) is 31.6 Å². The van der Waals surface area contributed by atoms with Gasteiger partial charge >= 0.3 is 0 Å². The van der Waals surface area contributed by atoms with Crippen molar-refractivity contribution in [3.05, 3.63) is 0 Å². The summed E-state index contributed by atoms with van der Waals surface area (Å²) in [6.07, 6.45) is 9.24. The molecule has 19 heavy (non-hydrogen) atoms. The van der Waals surface area contributed by atoms with Crippen LogP contribution in [0.1, 0.15) is 58.8 Å². The fourth-order valence-corrected chi connectivity index (χ4v) is 3.42. The zero-order valence-electron chi connectivity index (χ0n) is 13.2. The lowest BCUT2D eigenvalue weighted by Gasteiger charge is -2.36. The van der Waals surface area contributed by atoms with E-state index in [1.54, 1.807) is 7.11 Å². The quantitative estimate of drug-likeness (QED) is 0.700. The Balaban J connectivity index is 2.48. The highest BCUT2D eigenvalue weighted by atomic mass is 16.5. The summed E-state index contributed by atoms with van der Waals surface area (Å²) >= 11 is 0. The number of nitrogens with two attached hydrogens (primary N) is 1. The van der Waals surface area contributed by atoms with Gasteiger partial charge in [-0.2, -0.15) is 0 Å². The Hall–Kier alpha value is -0.120. The van der Waals surface area contributed by atoms with Gasteiger partial charge in [0.25, 0.3) is 0 Å². The molecule has 1 atom stereocenters. The molecule has 1 aliphatic carbocycles. The molecule has 1 rings (SSSR count). The van der Waals surface area contributed by atoms with Gasteiger partial charge in [-0.3, -0.25) is 4.90 Å². The van der Waals surface area contributed by atoms with E-state index in [4.69, 9.17) is 10.5 Å². The number of methoxy groups -OCH3 is 1. The first-order valence-corrected chi connectivity index (χ1v) is 8.21. The molecule has 3 heteroatoms. The van der Waals surface area contributed by atoms with Gasteiger partial charge < -0.3 is 10.5 Å². The highest BCUT2D eigenvalue weighted by Gasteiger charge is 2.24. The van der Waals surface area contributed by atoms with Crippen LogP contribution in [0.4, 0.5) is 0 Å². The van der Waals surface area contributed by atoms with Crippen molar-refractivity contribution >= 4 is 0 Å². The van der Waals surface area contributed by atoms with Gasteiger partial charge in [-0.15, -0.1) is 0 Å². The van der Waals surface area contributed by atoms with Gasteiger partial charge in [0.1, 0.15) is 0 Å². The summed E-state index contributed by atoms with van der Waals surface area (Å²) in [6, 6.07) is 1.00. The molecule has 0 bridgehead atoms. The average Bonchev–Trinajstić information content (AvgIpc) is 2.46. The maximum Gasteiger partial charge on any atom is 0.0589 e. The second-order valence-corrected chi connectivity index (χ2v) is 6.02. The molecule has 0 saturated heterocycles. The van der Waals surface area contributed by atoms with E-state index in [2.05, 4.69) is 18.7 Å². The summed E-state index contributed by atoms with van der Waals surface area (Å²) in [6.45, 7) is 7.43. The molecular formula is C16H34N2O. The average molecular weight is 270 g/mol. The van der Waals surface area contributed by atoms with Gasteiger partial charge in [0, 0.05) is 32.3 Å². The number of ether oxygens (including phenoxy) is 1. The fourth-order valence-electron chi connectivity index (χ4n) is 3.42. The maximum absolute atomic E-state index is 6.49. The summed E-state index contributed by atoms with van der Waals surface area (Å²) < 4.78 is 5.26. The van der Waals surface area contributed by atoms with Crippen LogP contribution < -0.4 is 5.73 Å². The van der Waals surface area contributed by atoms with Crippen LogP contribution in [0.15, 0.2) is 0 Å². The van der Waals surface area contributed by atoms with Gasteiger partial charge in [-0.25, -0.2) is 0 Å². The van der Waals surface area contributed by atoms with Crippen molar-refractivity contribution in [2.45, 2.75) is 70.9 Å². The Bertz CT molecular complexity index is 213. The predicted octanol–water partition coefficient (Wildman–Crippen LogP) is 3.03. The third-order valence-corrected chi connectivity index (χ3v) is 4.74. The van der Waals surface area contributed by atoms with E-state index in [1.807, 2.05) is 0 Å². The van der Waals surface area contributed by atoms with Crippen LogP contribution in [-0.2, 0) is 4.74 Å². The molecule has 114 valence electrons. The maximum atomic E-state index is 6.49. The minimum Gasteiger partial charge on any atom is -0.383 e. The van der Waals surface area contributed by atoms with Crippen LogP contribution in [0.2, 0.25) is 0 Å². The molecule has 1 unspecified atom stereocenters. The summed E-state index contributed by atoms with van der Waals surface area (Å²) in [5.41, 5.74) is 6.49. The Morgan fingerprint density at radius 1 is 1.16 bits per heavy atom. The van der Waals surface area contributed by atoms with Crippen molar-refractivity contribution in [1.82, 2.24) is 4.90 Å². The van der Waals surface area contributed by atoms with Crippen molar-refractivity contribution in [3.8, 4) is 0 Å². The Morgan fingerprint density at radius 3 is 2.32 bits per heavy atom. The van der Waals surface area contributed by atoms with E-state index in [0.29, 0.717) is 12.1 Å². The lowest BCUT2D eigenvalue weighted by Crippen LogP contribution is -2.47. The Kier molecular flexibility index (Phi) is 8.67. The second-order valence-electron chi connectivity index (χ2n) is 6.02. The summed E-state index contributed by atoms with van der Waals surface area (Å²) in [4.78, 5) is 2.56. The smallest absolute Gasteiger partial charge is 0.0589 e. The lowest BCUT2D eigenvalue weighted by molar-refractivity contribution is 0.100. The number of rotatable bonds is 9. The summed E-state index contributed by atoms with van der Waals surface area (Å²) in [5.74, 6) is 0.744. The van der Waals surface area contributed by atoms with E-state index >= 15 is 0 Å². The topological polar surface area (TPSA) is 38.5 Å². The Morgan fingerprint density at radius 2 is 1.79 bits per heavy atom. The van der Waals surface area contributed by atoms with E-state index in [-0.39, 0.29) is 0 Å². The molecule has 1 aliphatic rings. The first-order valence-electron chi connectivity index (χ1n) is 8.21. The second kappa shape index (κ2) is 9.73. The van der Waals surface area contributed by atoms with Gasteiger partial charge in [0.2, 0.25) is 0 Å². The third kappa shape index (κ3) is 5.80. The molecule has 1 saturated carbocycles. The van der Waals surface area contributed by atoms with Crippen LogP contribution in [0.3, 0.4) is 0 Å². The molecule has 0 aromatic rings. The van der Waals surface area contributed by atoms with Crippen LogP contribution >= 0.6 is 0 Å². The standard InChI is InChI=1S/C16H34N2O/c1-4-15(5-2)18(11-12-19-3)13-16(17)14-9-7-6-8-10-14/h14-16H,4-13,17H2,1-3H3. The van der Waals surface area contributed by atoms with Gasteiger partial charge in [0.15, 0.2) is 0 Å². The SMILES string of the molecule is CCC(CC)N(CCOC)CC(N)C1CCCCC1. The molecule has 3 nitrogen and oxygen atoms in total. The fraction of sp³-hybridized carbons (Fsp3) is 1.00. The number of nitrogens with zero attached hydrogens (tertiary/aromatic N) is 1. The first kappa shape index (κ1) is 16.9. The van der Waals surface area contributed by atoms with Crippen molar-refractivity contribution in [1.29, 1.82) is 0 Å². The van der Waals surface area contributed by atoms with Crippen LogP contribution in [0.5, 0.6) is 0 Å². The van der Waals surface area contributed by atoms with Crippen LogP contribution in [-0.4, -0.2) is 43.8 Å². The molecule has 0 amide bonds. The predicted molar refractivity (Wildman–Crippen MR) is 82.4 cm³/mol. The van der Waals surface area contributed by atoms with Crippen molar-refractivity contribution in [2.75, 3.05) is 26.8 Å². The van der Waals surface area contributed by atoms with E-state index in [0.717, 1.165) is 25.6 Å². The molecule has 0 aromatic carbocycles. The highest BCUT2D eigenvalue weighted by Crippen LogP contribution is 2.26. The van der Waals surface area contributed by atoms with Crippen molar-refractivity contribution in [2.24, 2.45) is 11.7 Å². The molecule has 0 radical (unpaired) electrons. The normalized spacial score (nSPS) is 19.3. The molecular weight excluding hydrogens is 236 g/mol. The zero-order chi connectivity index (χ0) is 14.1. The first-order chi connectivity index (χ1) is 9.22. The van der Waals surface area contributed by atoms with Gasteiger partial charge in [0.05, 0.1) is 6.61 Å². The monoisotopic (exact) mass is 270 g/mol. The molecule has 0 aliphatic heterocycles. The number of hydrogen-bond donors (Lipinski definition) is 1. The summed E-state index contributed by atoms with van der Waals surface area (Å²) in [5, 5.41) is 0. The van der Waals surface area contributed by atoms with Crippen LogP contribution in [0, 0.1) is 5.92 Å². The molecule has 2 N–H and O–H groups in total. The molecule has 0 heterocycles. The van der Waals surface area contributed by atoms with E-state index in [9.17, 15) is 0 Å². The largest absolute Gasteiger partial charge is 0.383 e. The van der Waals surface area contributed by atoms with Crippen molar-refractivity contribution < 1.29 is 4.74 Å². The van der Waals surface area contributed by atoms with Crippen molar-refractivity contribution in [3.63, 3.8) is 0 Å². The lowest BCUT2D eigenvalue weighted by atomic mass is 9.84. The third-order valence-electron chi connectivity index (χ3n) is 4.74. The molecule has 0 spiro atoms. The van der Waals surface area contributed by atoms with E-state index in [1.165, 1.54) is 44.9 Å². The number of hydrogen-bond acceptors (Lipinski definition) is 3. The highest BCUT2D eigenvalue weighted by molar-refractivity contribution is 4.81. The minimum atomic E-state index is 0.345. The zero-order valence-corrected chi connectivity index (χ0v) is 13.2. The Labute approximate surface area is 119 Å². The molecule has 0 aromatic heterocycles. The summed E-state index contributed by atoms with van der Waals surface area (Å²) in [7, 11) is 1.78. The minimum absolute atomic E-state index is 0.345. The molecule has 1 fully saturated rings. The van der Waals surface area contributed by atoms with Gasteiger partial charge in [-0.1, -0.05) is 33.1 Å². The van der Waals surface area contributed by atoms with E-state index < -0.39 is 0 Å². The van der Waals surface area contributed by atoms with Crippen LogP contribution in [0.25, 0.3) is 0 Å².